The molecule has 88 valence electrons. The van der Waals surface area contributed by atoms with Crippen LogP contribution in [-0.2, 0) is 0 Å². The molecule has 1 heterocycles. The molecule has 3 nitrogen and oxygen atoms in total. The smallest absolute Gasteiger partial charge is 0.0541 e. The summed E-state index contributed by atoms with van der Waals surface area (Å²) in [6.45, 7) is 3.95. The molecule has 0 aliphatic carbocycles. The zero-order chi connectivity index (χ0) is 11.5. The molecule has 1 fully saturated rings. The lowest BCUT2D eigenvalue weighted by Crippen LogP contribution is -2.36. The Balaban J connectivity index is 1.96. The van der Waals surface area contributed by atoms with Crippen LogP contribution in [0.25, 0.3) is 0 Å². The summed E-state index contributed by atoms with van der Waals surface area (Å²) in [7, 11) is 0. The van der Waals surface area contributed by atoms with Crippen molar-refractivity contribution in [3.8, 4) is 0 Å². The second kappa shape index (κ2) is 4.74. The van der Waals surface area contributed by atoms with Crippen LogP contribution in [-0.4, -0.2) is 24.3 Å². The van der Waals surface area contributed by atoms with Crippen molar-refractivity contribution >= 4 is 11.4 Å². The van der Waals surface area contributed by atoms with E-state index in [0.29, 0.717) is 5.92 Å². The van der Waals surface area contributed by atoms with Gasteiger partial charge in [0.05, 0.1) is 6.10 Å². The highest BCUT2D eigenvalue weighted by molar-refractivity contribution is 5.53. The van der Waals surface area contributed by atoms with E-state index in [1.54, 1.807) is 0 Å². The molecule has 1 atom stereocenters. The Bertz CT molecular complexity index is 326. The quantitative estimate of drug-likeness (QED) is 0.748. The standard InChI is InChI=1S/C13H20N2O/c1-10(16)11-6-8-15(9-7-11)13-4-2-12(14)3-5-13/h2-5,10-11,16H,6-9,14H2,1H3/t10-/m1/s1. The molecule has 0 aromatic heterocycles. The minimum atomic E-state index is -0.173. The average Bonchev–Trinajstić information content (AvgIpc) is 2.30. The lowest BCUT2D eigenvalue weighted by atomic mass is 9.92. The van der Waals surface area contributed by atoms with Crippen molar-refractivity contribution in [1.82, 2.24) is 0 Å². The van der Waals surface area contributed by atoms with E-state index in [4.69, 9.17) is 5.73 Å². The number of hydrogen-bond donors (Lipinski definition) is 2. The zero-order valence-electron chi connectivity index (χ0n) is 9.76. The Labute approximate surface area is 96.9 Å². The third-order valence-corrected chi connectivity index (χ3v) is 3.48. The summed E-state index contributed by atoms with van der Waals surface area (Å²) in [6, 6.07) is 8.02. The number of nitrogen functional groups attached to an aromatic ring is 1. The van der Waals surface area contributed by atoms with Gasteiger partial charge in [0.2, 0.25) is 0 Å². The first-order valence-electron chi connectivity index (χ1n) is 5.95. The largest absolute Gasteiger partial charge is 0.399 e. The van der Waals surface area contributed by atoms with E-state index in [0.717, 1.165) is 31.6 Å². The normalized spacial score (nSPS) is 19.8. The van der Waals surface area contributed by atoms with Gasteiger partial charge in [-0.3, -0.25) is 0 Å². The highest BCUT2D eigenvalue weighted by Gasteiger charge is 2.22. The van der Waals surface area contributed by atoms with Gasteiger partial charge in [0.15, 0.2) is 0 Å². The first-order chi connectivity index (χ1) is 7.66. The molecule has 1 aromatic carbocycles. The first kappa shape index (κ1) is 11.3. The van der Waals surface area contributed by atoms with Crippen LogP contribution in [0.2, 0.25) is 0 Å². The van der Waals surface area contributed by atoms with Crippen molar-refractivity contribution in [3.63, 3.8) is 0 Å². The summed E-state index contributed by atoms with van der Waals surface area (Å²) in [5, 5.41) is 9.54. The minimum Gasteiger partial charge on any atom is -0.399 e. The van der Waals surface area contributed by atoms with Crippen LogP contribution < -0.4 is 10.6 Å². The molecule has 0 unspecified atom stereocenters. The van der Waals surface area contributed by atoms with Gasteiger partial charge in [-0.15, -0.1) is 0 Å². The second-order valence-corrected chi connectivity index (χ2v) is 4.66. The maximum absolute atomic E-state index is 9.54. The van der Waals surface area contributed by atoms with Crippen LogP contribution in [0.3, 0.4) is 0 Å². The number of rotatable bonds is 2. The van der Waals surface area contributed by atoms with Gasteiger partial charge in [0.25, 0.3) is 0 Å². The maximum Gasteiger partial charge on any atom is 0.0541 e. The molecular weight excluding hydrogens is 200 g/mol. The van der Waals surface area contributed by atoms with Gasteiger partial charge in [-0.05, 0) is 49.9 Å². The Kier molecular flexibility index (Phi) is 3.34. The molecule has 2 rings (SSSR count). The van der Waals surface area contributed by atoms with Gasteiger partial charge in [-0.1, -0.05) is 0 Å². The molecule has 3 N–H and O–H groups in total. The number of aliphatic hydroxyl groups is 1. The average molecular weight is 220 g/mol. The highest BCUT2D eigenvalue weighted by atomic mass is 16.3. The number of hydrogen-bond acceptors (Lipinski definition) is 3. The molecule has 1 aliphatic rings. The SMILES string of the molecule is C[C@@H](O)C1CCN(c2ccc(N)cc2)CC1. The summed E-state index contributed by atoms with van der Waals surface area (Å²) in [4.78, 5) is 2.36. The monoisotopic (exact) mass is 220 g/mol. The van der Waals surface area contributed by atoms with Gasteiger partial charge in [0.1, 0.15) is 0 Å². The van der Waals surface area contributed by atoms with Gasteiger partial charge in [-0.2, -0.15) is 0 Å². The predicted octanol–water partition coefficient (Wildman–Crippen LogP) is 1.87. The summed E-state index contributed by atoms with van der Waals surface area (Å²) < 4.78 is 0. The molecule has 1 aliphatic heterocycles. The third-order valence-electron chi connectivity index (χ3n) is 3.48. The van der Waals surface area contributed by atoms with Crippen LogP contribution in [0, 0.1) is 5.92 Å². The van der Waals surface area contributed by atoms with Gasteiger partial charge >= 0.3 is 0 Å². The summed E-state index contributed by atoms with van der Waals surface area (Å²) >= 11 is 0. The Morgan fingerprint density at radius 1 is 1.25 bits per heavy atom. The number of nitrogens with zero attached hydrogens (tertiary/aromatic N) is 1. The number of anilines is 2. The van der Waals surface area contributed by atoms with Gasteiger partial charge in [0, 0.05) is 24.5 Å². The first-order valence-corrected chi connectivity index (χ1v) is 5.95. The van der Waals surface area contributed by atoms with Crippen LogP contribution in [0.15, 0.2) is 24.3 Å². The summed E-state index contributed by atoms with van der Waals surface area (Å²) in [5.41, 5.74) is 7.71. The van der Waals surface area contributed by atoms with Gasteiger partial charge in [-0.25, -0.2) is 0 Å². The third kappa shape index (κ3) is 2.47. The lowest BCUT2D eigenvalue weighted by molar-refractivity contribution is 0.110. The van der Waals surface area contributed by atoms with Crippen LogP contribution in [0.1, 0.15) is 19.8 Å². The van der Waals surface area contributed by atoms with Crippen molar-refractivity contribution in [2.75, 3.05) is 23.7 Å². The van der Waals surface area contributed by atoms with Gasteiger partial charge < -0.3 is 15.7 Å². The van der Waals surface area contributed by atoms with Crippen LogP contribution >= 0.6 is 0 Å². The summed E-state index contributed by atoms with van der Waals surface area (Å²) in [5.74, 6) is 0.463. The fourth-order valence-electron chi connectivity index (χ4n) is 2.33. The second-order valence-electron chi connectivity index (χ2n) is 4.66. The molecule has 0 amide bonds. The molecule has 0 radical (unpaired) electrons. The van der Waals surface area contributed by atoms with E-state index >= 15 is 0 Å². The number of benzene rings is 1. The summed E-state index contributed by atoms with van der Waals surface area (Å²) in [6.07, 6.45) is 1.97. The molecule has 0 bridgehead atoms. The van der Waals surface area contributed by atoms with E-state index < -0.39 is 0 Å². The van der Waals surface area contributed by atoms with Crippen molar-refractivity contribution in [2.24, 2.45) is 5.92 Å². The molecule has 1 aromatic rings. The predicted molar refractivity (Wildman–Crippen MR) is 67.5 cm³/mol. The van der Waals surface area contributed by atoms with E-state index in [2.05, 4.69) is 17.0 Å². The highest BCUT2D eigenvalue weighted by Crippen LogP contribution is 2.25. The topological polar surface area (TPSA) is 49.5 Å². The molecule has 0 saturated carbocycles. The van der Waals surface area contributed by atoms with Crippen LogP contribution in [0.4, 0.5) is 11.4 Å². The van der Waals surface area contributed by atoms with E-state index in [9.17, 15) is 5.11 Å². The Hall–Kier alpha value is -1.22. The zero-order valence-corrected chi connectivity index (χ0v) is 9.76. The molecule has 1 saturated heterocycles. The fourth-order valence-corrected chi connectivity index (χ4v) is 2.33. The molecular formula is C13H20N2O. The molecule has 16 heavy (non-hydrogen) atoms. The number of nitrogens with two attached hydrogens (primary N) is 1. The minimum absolute atomic E-state index is 0.173. The number of piperidine rings is 1. The van der Waals surface area contributed by atoms with Crippen LogP contribution in [0.5, 0.6) is 0 Å². The van der Waals surface area contributed by atoms with Crippen molar-refractivity contribution < 1.29 is 5.11 Å². The van der Waals surface area contributed by atoms with Crippen molar-refractivity contribution in [3.05, 3.63) is 24.3 Å². The maximum atomic E-state index is 9.54. The van der Waals surface area contributed by atoms with E-state index in [-0.39, 0.29) is 6.10 Å². The van der Waals surface area contributed by atoms with E-state index in [1.165, 1.54) is 5.69 Å². The Morgan fingerprint density at radius 3 is 2.31 bits per heavy atom. The van der Waals surface area contributed by atoms with E-state index in [1.807, 2.05) is 19.1 Å². The molecule has 3 heteroatoms. The lowest BCUT2D eigenvalue weighted by Gasteiger charge is -2.34. The fraction of sp³-hybridized carbons (Fsp3) is 0.538. The van der Waals surface area contributed by atoms with Crippen molar-refractivity contribution in [2.45, 2.75) is 25.9 Å². The number of aliphatic hydroxyl groups excluding tert-OH is 1. The Morgan fingerprint density at radius 2 is 1.81 bits per heavy atom. The van der Waals surface area contributed by atoms with Crippen molar-refractivity contribution in [1.29, 1.82) is 0 Å². The molecule has 0 spiro atoms.